The van der Waals surface area contributed by atoms with E-state index in [-0.39, 0.29) is 0 Å². The number of likely N-dealkylation sites (tertiary alicyclic amines) is 1. The van der Waals surface area contributed by atoms with Gasteiger partial charge in [0.1, 0.15) is 0 Å². The number of rotatable bonds is 6. The van der Waals surface area contributed by atoms with Crippen LogP contribution in [0.15, 0.2) is 0 Å². The van der Waals surface area contributed by atoms with E-state index in [0.717, 1.165) is 12.6 Å². The first kappa shape index (κ1) is 14.9. The largest absolute Gasteiger partial charge is 0.313 e. The molecule has 1 aliphatic heterocycles. The van der Waals surface area contributed by atoms with E-state index in [0.29, 0.717) is 12.1 Å². The van der Waals surface area contributed by atoms with Crippen LogP contribution < -0.4 is 5.32 Å². The molecule has 1 fully saturated rings. The molecule has 3 heteroatoms. The molecule has 0 aromatic rings. The topological polar surface area (TPSA) is 18.5 Å². The first-order chi connectivity index (χ1) is 8.04. The average molecular weight is 241 g/mol. The summed E-state index contributed by atoms with van der Waals surface area (Å²) in [5.41, 5.74) is 0. The average Bonchev–Trinajstić information content (AvgIpc) is 2.35. The molecular weight excluding hydrogens is 210 g/mol. The fraction of sp³-hybridized carbons (Fsp3) is 1.00. The third-order valence-corrected chi connectivity index (χ3v) is 4.33. The van der Waals surface area contributed by atoms with Crippen molar-refractivity contribution in [3.8, 4) is 0 Å². The summed E-state index contributed by atoms with van der Waals surface area (Å²) in [6.07, 6.45) is 3.85. The number of nitrogens with zero attached hydrogens (tertiary/aromatic N) is 2. The third kappa shape index (κ3) is 4.94. The van der Waals surface area contributed by atoms with Crippen molar-refractivity contribution in [3.63, 3.8) is 0 Å². The summed E-state index contributed by atoms with van der Waals surface area (Å²) in [6.45, 7) is 10.5. The van der Waals surface area contributed by atoms with E-state index in [4.69, 9.17) is 0 Å². The lowest BCUT2D eigenvalue weighted by atomic mass is 10.0. The molecule has 102 valence electrons. The number of hydrogen-bond acceptors (Lipinski definition) is 3. The van der Waals surface area contributed by atoms with Crippen LogP contribution in [0.4, 0.5) is 0 Å². The van der Waals surface area contributed by atoms with E-state index >= 15 is 0 Å². The minimum absolute atomic E-state index is 0.636. The number of likely N-dealkylation sites (N-methyl/N-ethyl adjacent to an activating group) is 1. The van der Waals surface area contributed by atoms with E-state index in [1.165, 1.54) is 32.4 Å². The lowest BCUT2D eigenvalue weighted by Crippen LogP contribution is -2.49. The molecule has 2 atom stereocenters. The quantitative estimate of drug-likeness (QED) is 0.765. The summed E-state index contributed by atoms with van der Waals surface area (Å²) < 4.78 is 0. The maximum Gasteiger partial charge on any atom is 0.0192 e. The molecule has 0 aromatic carbocycles. The van der Waals surface area contributed by atoms with Crippen LogP contribution in [-0.4, -0.2) is 61.7 Å². The second kappa shape index (κ2) is 7.34. The summed E-state index contributed by atoms with van der Waals surface area (Å²) in [5, 5.41) is 3.61. The predicted octanol–water partition coefficient (Wildman–Crippen LogP) is 1.79. The number of piperidine rings is 1. The molecule has 0 bridgehead atoms. The van der Waals surface area contributed by atoms with E-state index < -0.39 is 0 Å². The van der Waals surface area contributed by atoms with Crippen LogP contribution in [-0.2, 0) is 0 Å². The van der Waals surface area contributed by atoms with Crippen molar-refractivity contribution in [1.82, 2.24) is 15.1 Å². The summed E-state index contributed by atoms with van der Waals surface area (Å²) in [5.74, 6) is 0. The molecule has 1 heterocycles. The Morgan fingerprint density at radius 3 is 2.41 bits per heavy atom. The van der Waals surface area contributed by atoms with Crippen molar-refractivity contribution in [1.29, 1.82) is 0 Å². The highest BCUT2D eigenvalue weighted by atomic mass is 15.2. The monoisotopic (exact) mass is 241 g/mol. The number of hydrogen-bond donors (Lipinski definition) is 1. The first-order valence-electron chi connectivity index (χ1n) is 7.18. The van der Waals surface area contributed by atoms with Gasteiger partial charge in [0.2, 0.25) is 0 Å². The van der Waals surface area contributed by atoms with Crippen molar-refractivity contribution in [2.75, 3.05) is 33.7 Å². The SMILES string of the molecule is CCC(C)NCC(C)N(C)C1CCN(C)CC1. The van der Waals surface area contributed by atoms with Crippen molar-refractivity contribution in [3.05, 3.63) is 0 Å². The van der Waals surface area contributed by atoms with Crippen LogP contribution in [0, 0.1) is 0 Å². The lowest BCUT2D eigenvalue weighted by Gasteiger charge is -2.38. The van der Waals surface area contributed by atoms with Crippen LogP contribution in [0.3, 0.4) is 0 Å². The lowest BCUT2D eigenvalue weighted by molar-refractivity contribution is 0.111. The van der Waals surface area contributed by atoms with Gasteiger partial charge in [-0.25, -0.2) is 0 Å². The standard InChI is InChI=1S/C14H31N3/c1-6-12(2)15-11-13(3)17(5)14-7-9-16(4)10-8-14/h12-15H,6-11H2,1-5H3. The molecule has 2 unspecified atom stereocenters. The van der Waals surface area contributed by atoms with Gasteiger partial charge in [0.25, 0.3) is 0 Å². The van der Waals surface area contributed by atoms with Crippen LogP contribution in [0.2, 0.25) is 0 Å². The van der Waals surface area contributed by atoms with Crippen LogP contribution in [0.1, 0.15) is 40.0 Å². The highest BCUT2D eigenvalue weighted by molar-refractivity contribution is 4.80. The summed E-state index contributed by atoms with van der Waals surface area (Å²) >= 11 is 0. The van der Waals surface area contributed by atoms with Crippen molar-refractivity contribution in [2.45, 2.75) is 58.2 Å². The molecule has 1 rings (SSSR count). The highest BCUT2D eigenvalue weighted by Gasteiger charge is 2.23. The Morgan fingerprint density at radius 2 is 1.88 bits per heavy atom. The second-order valence-corrected chi connectivity index (χ2v) is 5.77. The van der Waals surface area contributed by atoms with Gasteiger partial charge >= 0.3 is 0 Å². The Hall–Kier alpha value is -0.120. The van der Waals surface area contributed by atoms with Gasteiger partial charge in [-0.2, -0.15) is 0 Å². The second-order valence-electron chi connectivity index (χ2n) is 5.77. The molecule has 0 radical (unpaired) electrons. The van der Waals surface area contributed by atoms with E-state index in [2.05, 4.69) is 50.0 Å². The van der Waals surface area contributed by atoms with Gasteiger partial charge in [0.05, 0.1) is 0 Å². The minimum atomic E-state index is 0.636. The summed E-state index contributed by atoms with van der Waals surface area (Å²) in [6, 6.07) is 2.06. The molecule has 3 nitrogen and oxygen atoms in total. The smallest absolute Gasteiger partial charge is 0.0192 e. The Balaban J connectivity index is 2.28. The molecule has 0 aromatic heterocycles. The molecular formula is C14H31N3. The Bertz CT molecular complexity index is 200. The van der Waals surface area contributed by atoms with Gasteiger partial charge < -0.3 is 10.2 Å². The zero-order valence-corrected chi connectivity index (χ0v) is 12.4. The van der Waals surface area contributed by atoms with Gasteiger partial charge in [-0.3, -0.25) is 4.90 Å². The Kier molecular flexibility index (Phi) is 6.45. The highest BCUT2D eigenvalue weighted by Crippen LogP contribution is 2.16. The predicted molar refractivity (Wildman–Crippen MR) is 75.5 cm³/mol. The molecule has 0 amide bonds. The van der Waals surface area contributed by atoms with Crippen LogP contribution >= 0.6 is 0 Å². The van der Waals surface area contributed by atoms with E-state index in [1.807, 2.05) is 0 Å². The van der Waals surface area contributed by atoms with Gasteiger partial charge in [0.15, 0.2) is 0 Å². The van der Waals surface area contributed by atoms with E-state index in [9.17, 15) is 0 Å². The van der Waals surface area contributed by atoms with Crippen LogP contribution in [0.25, 0.3) is 0 Å². The third-order valence-electron chi connectivity index (χ3n) is 4.33. The number of nitrogens with one attached hydrogen (secondary N) is 1. The maximum atomic E-state index is 3.61. The van der Waals surface area contributed by atoms with Crippen LogP contribution in [0.5, 0.6) is 0 Å². The maximum absolute atomic E-state index is 3.61. The molecule has 1 N–H and O–H groups in total. The molecule has 1 saturated heterocycles. The fourth-order valence-corrected chi connectivity index (χ4v) is 2.42. The molecule has 0 spiro atoms. The Morgan fingerprint density at radius 1 is 1.29 bits per heavy atom. The normalized spacial score (nSPS) is 22.9. The zero-order chi connectivity index (χ0) is 12.8. The van der Waals surface area contributed by atoms with Gasteiger partial charge in [-0.05, 0) is 60.3 Å². The molecule has 0 saturated carbocycles. The van der Waals surface area contributed by atoms with Gasteiger partial charge in [-0.15, -0.1) is 0 Å². The molecule has 0 aliphatic carbocycles. The molecule has 17 heavy (non-hydrogen) atoms. The van der Waals surface area contributed by atoms with Gasteiger partial charge in [-0.1, -0.05) is 6.92 Å². The first-order valence-corrected chi connectivity index (χ1v) is 7.18. The van der Waals surface area contributed by atoms with Crippen molar-refractivity contribution in [2.24, 2.45) is 0 Å². The summed E-state index contributed by atoms with van der Waals surface area (Å²) in [7, 11) is 4.52. The Labute approximate surface area is 108 Å². The summed E-state index contributed by atoms with van der Waals surface area (Å²) in [4.78, 5) is 5.01. The van der Waals surface area contributed by atoms with E-state index in [1.54, 1.807) is 0 Å². The van der Waals surface area contributed by atoms with Crippen molar-refractivity contribution < 1.29 is 0 Å². The minimum Gasteiger partial charge on any atom is -0.313 e. The van der Waals surface area contributed by atoms with Crippen molar-refractivity contribution >= 4 is 0 Å². The van der Waals surface area contributed by atoms with Gasteiger partial charge in [0, 0.05) is 24.7 Å². The molecule has 1 aliphatic rings. The zero-order valence-electron chi connectivity index (χ0n) is 12.4. The fourth-order valence-electron chi connectivity index (χ4n) is 2.42.